The van der Waals surface area contributed by atoms with Gasteiger partial charge >= 0.3 is 6.09 Å². The number of halogens is 1. The second-order valence-corrected chi connectivity index (χ2v) is 7.12. The third-order valence-corrected chi connectivity index (χ3v) is 4.69. The molecule has 2 aromatic carbocycles. The molecule has 0 saturated carbocycles. The van der Waals surface area contributed by atoms with E-state index in [9.17, 15) is 14.0 Å². The van der Waals surface area contributed by atoms with Crippen molar-refractivity contribution < 1.29 is 18.7 Å². The van der Waals surface area contributed by atoms with E-state index in [-0.39, 0.29) is 19.0 Å². The van der Waals surface area contributed by atoms with Crippen molar-refractivity contribution in [1.29, 1.82) is 0 Å². The number of cyclic esters (lactones) is 1. The van der Waals surface area contributed by atoms with Crippen molar-refractivity contribution >= 4 is 17.7 Å². The summed E-state index contributed by atoms with van der Waals surface area (Å²) in [6.07, 6.45) is 0.342. The number of rotatable bonds is 6. The van der Waals surface area contributed by atoms with E-state index in [2.05, 4.69) is 10.7 Å². The normalized spacial score (nSPS) is 15.5. The summed E-state index contributed by atoms with van der Waals surface area (Å²) in [5.74, 6) is 4.32. The van der Waals surface area contributed by atoms with Gasteiger partial charge in [0.1, 0.15) is 11.9 Å². The van der Waals surface area contributed by atoms with E-state index in [1.807, 2.05) is 31.2 Å². The van der Waals surface area contributed by atoms with Gasteiger partial charge in [0, 0.05) is 25.2 Å². The molecule has 0 unspecified atom stereocenters. The van der Waals surface area contributed by atoms with E-state index in [0.29, 0.717) is 23.5 Å². The molecule has 0 aliphatic carbocycles. The number of hydrogen-bond donors (Lipinski definition) is 5. The summed E-state index contributed by atoms with van der Waals surface area (Å²) in [7, 11) is 0. The average Bonchev–Trinajstić information content (AvgIpc) is 3.15. The number of ether oxygens (including phenoxy) is 1. The van der Waals surface area contributed by atoms with Crippen LogP contribution in [0.3, 0.4) is 0 Å². The minimum absolute atomic E-state index is 0.192. The molecule has 1 aliphatic heterocycles. The molecule has 172 valence electrons. The first kappa shape index (κ1) is 24.6. The van der Waals surface area contributed by atoms with E-state index in [0.717, 1.165) is 11.1 Å². The molecule has 1 fully saturated rings. The van der Waals surface area contributed by atoms with Crippen molar-refractivity contribution in [3.63, 3.8) is 0 Å². The Bertz CT molecular complexity index is 959. The molecule has 10 heteroatoms. The van der Waals surface area contributed by atoms with Gasteiger partial charge in [0.15, 0.2) is 0 Å². The van der Waals surface area contributed by atoms with Crippen LogP contribution < -0.4 is 33.0 Å². The van der Waals surface area contributed by atoms with Crippen molar-refractivity contribution in [2.75, 3.05) is 24.5 Å². The number of aryl methyl sites for hydroxylation is 1. The molecular formula is C22H29FN6O3. The molecule has 0 spiro atoms. The average molecular weight is 445 g/mol. The van der Waals surface area contributed by atoms with E-state index in [4.69, 9.17) is 22.0 Å². The lowest BCUT2D eigenvalue weighted by atomic mass is 10.0. The Morgan fingerprint density at radius 2 is 1.97 bits per heavy atom. The molecule has 0 bridgehead atoms. The molecular weight excluding hydrogens is 415 g/mol. The van der Waals surface area contributed by atoms with Crippen molar-refractivity contribution in [3.8, 4) is 11.1 Å². The summed E-state index contributed by atoms with van der Waals surface area (Å²) in [5.41, 5.74) is 15.9. The summed E-state index contributed by atoms with van der Waals surface area (Å²) < 4.78 is 19.7. The number of carbonyl (C=O) groups excluding carboxylic acids is 2. The highest BCUT2D eigenvalue weighted by Gasteiger charge is 2.32. The summed E-state index contributed by atoms with van der Waals surface area (Å²) in [5, 5.41) is 2.61. The van der Waals surface area contributed by atoms with Gasteiger partial charge < -0.3 is 26.9 Å². The number of hydrogen-bond acceptors (Lipinski definition) is 7. The Morgan fingerprint density at radius 1 is 1.28 bits per heavy atom. The van der Waals surface area contributed by atoms with Crippen LogP contribution in [-0.4, -0.2) is 37.7 Å². The van der Waals surface area contributed by atoms with Crippen molar-refractivity contribution in [1.82, 2.24) is 10.7 Å². The highest BCUT2D eigenvalue weighted by molar-refractivity contribution is 5.90. The van der Waals surface area contributed by atoms with Crippen LogP contribution >= 0.6 is 0 Å². The van der Waals surface area contributed by atoms with E-state index in [1.54, 1.807) is 12.1 Å². The maximum absolute atomic E-state index is 14.5. The monoisotopic (exact) mass is 444 g/mol. The van der Waals surface area contributed by atoms with Gasteiger partial charge in [0.25, 0.3) is 0 Å². The number of benzene rings is 2. The lowest BCUT2D eigenvalue weighted by Crippen LogP contribution is -2.33. The summed E-state index contributed by atoms with van der Waals surface area (Å²) >= 11 is 0. The van der Waals surface area contributed by atoms with Gasteiger partial charge in [-0.15, -0.1) is 0 Å². The fourth-order valence-corrected chi connectivity index (χ4v) is 2.91. The summed E-state index contributed by atoms with van der Waals surface area (Å²) in [4.78, 5) is 24.3. The topological polar surface area (TPSA) is 149 Å². The number of nitrogens with zero attached hydrogens (tertiary/aromatic N) is 1. The summed E-state index contributed by atoms with van der Waals surface area (Å²) in [6.45, 7) is 4.23. The molecule has 32 heavy (non-hydrogen) atoms. The Balaban J connectivity index is 0.000000451. The number of nitrogens with two attached hydrogens (primary N) is 3. The predicted octanol–water partition coefficient (Wildman–Crippen LogP) is 1.47. The van der Waals surface area contributed by atoms with Crippen LogP contribution in [0.5, 0.6) is 0 Å². The van der Waals surface area contributed by atoms with E-state index in [1.165, 1.54) is 24.1 Å². The SMILES string of the molecule is CC(=O)NC[C@H]1CN(c2ccc(-c3ccc(C)cc3)c(F)c2)C(=O)O1.N/C=C(/CN)NN. The van der Waals surface area contributed by atoms with Gasteiger partial charge in [-0.3, -0.25) is 15.5 Å². The van der Waals surface area contributed by atoms with Gasteiger partial charge in [0.05, 0.1) is 24.5 Å². The minimum atomic E-state index is -0.544. The minimum Gasteiger partial charge on any atom is -0.442 e. The Labute approximate surface area is 186 Å². The van der Waals surface area contributed by atoms with E-state index >= 15 is 0 Å². The van der Waals surface area contributed by atoms with Crippen molar-refractivity contribution in [2.24, 2.45) is 17.3 Å². The second-order valence-electron chi connectivity index (χ2n) is 7.12. The quantitative estimate of drug-likeness (QED) is 0.335. The Hall–Kier alpha value is -3.63. The third-order valence-electron chi connectivity index (χ3n) is 4.69. The first-order valence-corrected chi connectivity index (χ1v) is 9.95. The van der Waals surface area contributed by atoms with Gasteiger partial charge in [-0.25, -0.2) is 9.18 Å². The fraction of sp³-hybridized carbons (Fsp3) is 0.273. The number of hydrazine groups is 1. The maximum Gasteiger partial charge on any atom is 0.414 e. The third kappa shape index (κ3) is 6.69. The molecule has 3 rings (SSSR count). The Morgan fingerprint density at radius 3 is 2.47 bits per heavy atom. The lowest BCUT2D eigenvalue weighted by Gasteiger charge is -2.14. The maximum atomic E-state index is 14.5. The zero-order valence-corrected chi connectivity index (χ0v) is 18.1. The van der Waals surface area contributed by atoms with Crippen LogP contribution in [0.25, 0.3) is 11.1 Å². The standard InChI is InChI=1S/C19H19FN2O3.C3H10N4/c1-12-3-5-14(6-4-12)17-8-7-15(9-18(17)20)22-11-16(25-19(22)24)10-21-13(2)23;4-1-3(2-5)7-6/h3-9,16H,10-11H2,1-2H3,(H,21,23);1,7H,2,4-6H2/b;3-1-/t16-;/m0./s1. The van der Waals surface area contributed by atoms with Crippen LogP contribution in [0.2, 0.25) is 0 Å². The van der Waals surface area contributed by atoms with Gasteiger partial charge in [-0.05, 0) is 30.7 Å². The second kappa shape index (κ2) is 11.7. The molecule has 1 heterocycles. The predicted molar refractivity (Wildman–Crippen MR) is 122 cm³/mol. The number of carbonyl (C=O) groups is 2. The number of amides is 2. The van der Waals surface area contributed by atoms with E-state index < -0.39 is 18.0 Å². The zero-order chi connectivity index (χ0) is 23.7. The van der Waals surface area contributed by atoms with Gasteiger partial charge in [-0.1, -0.05) is 29.8 Å². The van der Waals surface area contributed by atoms with Crippen LogP contribution in [0.15, 0.2) is 54.4 Å². The molecule has 2 aromatic rings. The Kier molecular flexibility index (Phi) is 8.99. The molecule has 1 saturated heterocycles. The first-order chi connectivity index (χ1) is 15.3. The molecule has 8 N–H and O–H groups in total. The number of nitrogens with one attached hydrogen (secondary N) is 2. The molecule has 2 amide bonds. The molecule has 1 atom stereocenters. The highest BCUT2D eigenvalue weighted by atomic mass is 19.1. The van der Waals surface area contributed by atoms with Crippen LogP contribution in [0, 0.1) is 12.7 Å². The van der Waals surface area contributed by atoms with Crippen LogP contribution in [-0.2, 0) is 9.53 Å². The fourth-order valence-electron chi connectivity index (χ4n) is 2.91. The van der Waals surface area contributed by atoms with Crippen LogP contribution in [0.1, 0.15) is 12.5 Å². The van der Waals surface area contributed by atoms with Gasteiger partial charge in [-0.2, -0.15) is 0 Å². The first-order valence-electron chi connectivity index (χ1n) is 9.95. The molecule has 9 nitrogen and oxygen atoms in total. The van der Waals surface area contributed by atoms with Crippen molar-refractivity contribution in [3.05, 3.63) is 65.7 Å². The van der Waals surface area contributed by atoms with Crippen LogP contribution in [0.4, 0.5) is 14.9 Å². The molecule has 1 aliphatic rings. The smallest absolute Gasteiger partial charge is 0.414 e. The molecule has 0 radical (unpaired) electrons. The lowest BCUT2D eigenvalue weighted by molar-refractivity contribution is -0.119. The van der Waals surface area contributed by atoms with Gasteiger partial charge in [0.2, 0.25) is 5.91 Å². The zero-order valence-electron chi connectivity index (χ0n) is 18.1. The summed E-state index contributed by atoms with van der Waals surface area (Å²) in [6, 6.07) is 12.3. The molecule has 0 aromatic heterocycles. The number of anilines is 1. The van der Waals surface area contributed by atoms with Crippen molar-refractivity contribution in [2.45, 2.75) is 20.0 Å². The largest absolute Gasteiger partial charge is 0.442 e. The highest BCUT2D eigenvalue weighted by Crippen LogP contribution is 2.29.